The molecule has 1 unspecified atom stereocenters. The number of amides is 2. The molecule has 0 bridgehead atoms. The molecule has 1 atom stereocenters. The minimum Gasteiger partial charge on any atom is -0.342 e. The number of halogens is 3. The highest BCUT2D eigenvalue weighted by Crippen LogP contribution is 2.32. The number of alkyl halides is 3. The van der Waals surface area contributed by atoms with Gasteiger partial charge in [0.25, 0.3) is 5.91 Å². The van der Waals surface area contributed by atoms with Gasteiger partial charge in [0.05, 0.1) is 40.6 Å². The van der Waals surface area contributed by atoms with Crippen LogP contribution in [0.2, 0.25) is 0 Å². The van der Waals surface area contributed by atoms with E-state index in [4.69, 9.17) is 0 Å². The Kier molecular flexibility index (Phi) is 7.87. The number of nitrogens with one attached hydrogen (secondary N) is 1. The monoisotopic (exact) mass is 554 g/mol. The van der Waals surface area contributed by atoms with Gasteiger partial charge in [-0.1, -0.05) is 26.8 Å². The summed E-state index contributed by atoms with van der Waals surface area (Å²) in [6, 6.07) is 4.21. The van der Waals surface area contributed by atoms with Crippen LogP contribution < -0.4 is 5.32 Å². The molecule has 0 radical (unpaired) electrons. The first-order valence-corrected chi connectivity index (χ1v) is 13.0. The lowest BCUT2D eigenvalue weighted by Gasteiger charge is -2.34. The Labute approximate surface area is 231 Å². The van der Waals surface area contributed by atoms with Crippen LogP contribution in [0.15, 0.2) is 42.9 Å². The second kappa shape index (κ2) is 10.9. The SMILES string of the molecule is Cc1cc(C2=CCC(N(C)C(=O)C(C)(C)C)CC2)ncc1NC(=O)c1cnn(-c2ccc(C(F)(F)F)cn2)c1C. The van der Waals surface area contributed by atoms with Crippen molar-refractivity contribution in [3.63, 3.8) is 0 Å². The van der Waals surface area contributed by atoms with Crippen LogP contribution in [0.25, 0.3) is 11.4 Å². The first-order chi connectivity index (χ1) is 18.7. The van der Waals surface area contributed by atoms with Gasteiger partial charge >= 0.3 is 6.18 Å². The number of anilines is 1. The maximum absolute atomic E-state index is 13.0. The quantitative estimate of drug-likeness (QED) is 0.418. The fraction of sp³-hybridized carbons (Fsp3) is 0.414. The number of hydrogen-bond acceptors (Lipinski definition) is 5. The van der Waals surface area contributed by atoms with Gasteiger partial charge in [-0.15, -0.1) is 0 Å². The number of aromatic nitrogens is 4. The summed E-state index contributed by atoms with van der Waals surface area (Å²) in [5.41, 5.74) is 2.72. The molecule has 0 aromatic carbocycles. The molecule has 1 N–H and O–H groups in total. The molecule has 0 spiro atoms. The molecule has 0 saturated carbocycles. The molecule has 212 valence electrons. The predicted molar refractivity (Wildman–Crippen MR) is 146 cm³/mol. The third-order valence-corrected chi connectivity index (χ3v) is 7.13. The van der Waals surface area contributed by atoms with Crippen LogP contribution in [0.3, 0.4) is 0 Å². The second-order valence-electron chi connectivity index (χ2n) is 11.1. The molecule has 1 aliphatic rings. The van der Waals surface area contributed by atoms with Crippen molar-refractivity contribution in [2.24, 2.45) is 5.41 Å². The Balaban J connectivity index is 1.44. The smallest absolute Gasteiger partial charge is 0.342 e. The van der Waals surface area contributed by atoms with E-state index in [9.17, 15) is 22.8 Å². The molecular weight excluding hydrogens is 521 g/mol. The van der Waals surface area contributed by atoms with Crippen molar-refractivity contribution < 1.29 is 22.8 Å². The van der Waals surface area contributed by atoms with Crippen LogP contribution in [0.4, 0.5) is 18.9 Å². The lowest BCUT2D eigenvalue weighted by molar-refractivity contribution is -0.140. The van der Waals surface area contributed by atoms with Crippen LogP contribution in [0.5, 0.6) is 0 Å². The van der Waals surface area contributed by atoms with Crippen molar-refractivity contribution in [3.05, 3.63) is 70.9 Å². The number of pyridine rings is 2. The first kappa shape index (κ1) is 29.0. The van der Waals surface area contributed by atoms with E-state index in [0.29, 0.717) is 11.4 Å². The van der Waals surface area contributed by atoms with Crippen molar-refractivity contribution in [2.45, 2.75) is 66.1 Å². The van der Waals surface area contributed by atoms with E-state index >= 15 is 0 Å². The van der Waals surface area contributed by atoms with E-state index in [1.165, 1.54) is 16.9 Å². The topological polar surface area (TPSA) is 93.0 Å². The summed E-state index contributed by atoms with van der Waals surface area (Å²) in [6.07, 6.45) is 3.74. The van der Waals surface area contributed by atoms with Crippen LogP contribution in [0.1, 0.15) is 72.9 Å². The van der Waals surface area contributed by atoms with Gasteiger partial charge in [0.15, 0.2) is 5.82 Å². The third kappa shape index (κ3) is 6.08. The minimum atomic E-state index is -4.49. The normalized spacial score (nSPS) is 15.9. The van der Waals surface area contributed by atoms with Crippen molar-refractivity contribution in [1.29, 1.82) is 0 Å². The Hall–Kier alpha value is -4.02. The summed E-state index contributed by atoms with van der Waals surface area (Å²) in [7, 11) is 1.86. The van der Waals surface area contributed by atoms with Crippen LogP contribution >= 0.6 is 0 Å². The van der Waals surface area contributed by atoms with Crippen molar-refractivity contribution in [3.8, 4) is 5.82 Å². The largest absolute Gasteiger partial charge is 0.417 e. The standard InChI is InChI=1S/C29H33F3N6O2/c1-17-13-23(19-7-10-21(11-8-19)37(6)27(40)28(3,4)5)33-16-24(17)36-26(39)22-15-35-38(18(22)2)25-12-9-20(14-34-25)29(30,31)32/h7,9,12-16,21H,8,10-11H2,1-6H3,(H,36,39). The molecule has 2 amide bonds. The van der Waals surface area contributed by atoms with Crippen molar-refractivity contribution in [1.82, 2.24) is 24.6 Å². The first-order valence-electron chi connectivity index (χ1n) is 13.0. The molecule has 3 heterocycles. The molecule has 3 aromatic heterocycles. The predicted octanol–water partition coefficient (Wildman–Crippen LogP) is 5.99. The minimum absolute atomic E-state index is 0.125. The van der Waals surface area contributed by atoms with Crippen LogP contribution in [-0.2, 0) is 11.0 Å². The zero-order valence-corrected chi connectivity index (χ0v) is 23.4. The lowest BCUT2D eigenvalue weighted by atomic mass is 9.89. The fourth-order valence-corrected chi connectivity index (χ4v) is 4.69. The molecule has 0 aliphatic heterocycles. The van der Waals surface area contributed by atoms with E-state index in [1.54, 1.807) is 13.1 Å². The van der Waals surface area contributed by atoms with Gasteiger partial charge in [0.1, 0.15) is 0 Å². The number of carbonyl (C=O) groups is 2. The van der Waals surface area contributed by atoms with Crippen LogP contribution in [0, 0.1) is 19.3 Å². The zero-order chi connectivity index (χ0) is 29.4. The van der Waals surface area contributed by atoms with Crippen LogP contribution in [-0.4, -0.2) is 49.6 Å². The molecule has 0 saturated heterocycles. The summed E-state index contributed by atoms with van der Waals surface area (Å²) in [6.45, 7) is 9.29. The fourth-order valence-electron chi connectivity index (χ4n) is 4.69. The number of aryl methyl sites for hydroxylation is 1. The average molecular weight is 555 g/mol. The van der Waals surface area contributed by atoms with E-state index in [1.807, 2.05) is 45.7 Å². The number of hydrogen-bond donors (Lipinski definition) is 1. The van der Waals surface area contributed by atoms with Gasteiger partial charge in [0, 0.05) is 24.7 Å². The molecule has 1 aliphatic carbocycles. The Bertz CT molecular complexity index is 1450. The summed E-state index contributed by atoms with van der Waals surface area (Å²) in [5, 5.41) is 7.00. The Morgan fingerprint density at radius 1 is 1.07 bits per heavy atom. The summed E-state index contributed by atoms with van der Waals surface area (Å²) in [4.78, 5) is 35.9. The van der Waals surface area contributed by atoms with Gasteiger partial charge in [-0.3, -0.25) is 14.6 Å². The van der Waals surface area contributed by atoms with Crippen molar-refractivity contribution in [2.75, 3.05) is 12.4 Å². The Morgan fingerprint density at radius 3 is 2.35 bits per heavy atom. The molecular formula is C29H33F3N6O2. The summed E-state index contributed by atoms with van der Waals surface area (Å²) < 4.78 is 39.9. The number of carbonyl (C=O) groups excluding carboxylic acids is 2. The van der Waals surface area contributed by atoms with Gasteiger partial charge in [-0.25, -0.2) is 9.67 Å². The maximum Gasteiger partial charge on any atom is 0.417 e. The second-order valence-corrected chi connectivity index (χ2v) is 11.1. The summed E-state index contributed by atoms with van der Waals surface area (Å²) in [5.74, 6) is -0.122. The molecule has 11 heteroatoms. The molecule has 40 heavy (non-hydrogen) atoms. The highest BCUT2D eigenvalue weighted by molar-refractivity contribution is 6.05. The lowest BCUT2D eigenvalue weighted by Crippen LogP contribution is -2.43. The zero-order valence-electron chi connectivity index (χ0n) is 23.4. The van der Waals surface area contributed by atoms with E-state index < -0.39 is 23.1 Å². The summed E-state index contributed by atoms with van der Waals surface area (Å²) >= 11 is 0. The molecule has 0 fully saturated rings. The van der Waals surface area contributed by atoms with Gasteiger partial charge < -0.3 is 10.2 Å². The third-order valence-electron chi connectivity index (χ3n) is 7.13. The van der Waals surface area contributed by atoms with Gasteiger partial charge in [-0.2, -0.15) is 18.3 Å². The van der Waals surface area contributed by atoms with E-state index in [0.717, 1.165) is 48.4 Å². The Morgan fingerprint density at radius 2 is 1.80 bits per heavy atom. The van der Waals surface area contributed by atoms with E-state index in [-0.39, 0.29) is 23.3 Å². The number of allylic oxidation sites excluding steroid dienone is 1. The molecule has 4 rings (SSSR count). The van der Waals surface area contributed by atoms with Gasteiger partial charge in [0.2, 0.25) is 5.91 Å². The maximum atomic E-state index is 13.0. The highest BCUT2D eigenvalue weighted by Gasteiger charge is 2.31. The van der Waals surface area contributed by atoms with Crippen molar-refractivity contribution >= 4 is 23.1 Å². The van der Waals surface area contributed by atoms with Gasteiger partial charge in [-0.05, 0) is 62.4 Å². The highest BCUT2D eigenvalue weighted by atomic mass is 19.4. The molecule has 8 nitrogen and oxygen atoms in total. The number of rotatable bonds is 5. The van der Waals surface area contributed by atoms with E-state index in [2.05, 4.69) is 26.5 Å². The number of nitrogens with zero attached hydrogens (tertiary/aromatic N) is 5. The average Bonchev–Trinajstić information content (AvgIpc) is 3.29. The molecule has 3 aromatic rings.